The van der Waals surface area contributed by atoms with Crippen molar-refractivity contribution >= 4 is 0 Å². The van der Waals surface area contributed by atoms with E-state index in [1.54, 1.807) is 0 Å². The van der Waals surface area contributed by atoms with Crippen LogP contribution in [-0.2, 0) is 19.6 Å². The van der Waals surface area contributed by atoms with E-state index in [0.29, 0.717) is 11.8 Å². The van der Waals surface area contributed by atoms with Crippen LogP contribution < -0.4 is 10.1 Å². The second-order valence-electron chi connectivity index (χ2n) is 9.66. The number of nitrogens with one attached hydrogen (secondary N) is 1. The van der Waals surface area contributed by atoms with Gasteiger partial charge in [-0.2, -0.15) is 0 Å². The van der Waals surface area contributed by atoms with Crippen LogP contribution in [0.4, 0.5) is 0 Å². The number of hydrogen-bond acceptors (Lipinski definition) is 3. The van der Waals surface area contributed by atoms with Gasteiger partial charge in [-0.1, -0.05) is 43.8 Å². The number of ether oxygens (including phenoxy) is 1. The highest BCUT2D eigenvalue weighted by atomic mass is 16.5. The number of hydrogen-bond donors (Lipinski definition) is 1. The quantitative estimate of drug-likeness (QED) is 0.590. The molecule has 1 atom stereocenters. The topological polar surface area (TPSA) is 24.5 Å². The summed E-state index contributed by atoms with van der Waals surface area (Å²) in [7, 11) is 0. The van der Waals surface area contributed by atoms with E-state index < -0.39 is 0 Å². The van der Waals surface area contributed by atoms with Gasteiger partial charge in [-0.15, -0.1) is 0 Å². The summed E-state index contributed by atoms with van der Waals surface area (Å²) in [6, 6.07) is 15.8. The van der Waals surface area contributed by atoms with Gasteiger partial charge in [0.15, 0.2) is 0 Å². The number of rotatable bonds is 9. The van der Waals surface area contributed by atoms with Gasteiger partial charge in [-0.05, 0) is 77.8 Å². The van der Waals surface area contributed by atoms with Gasteiger partial charge in [0, 0.05) is 31.9 Å². The van der Waals surface area contributed by atoms with Crippen molar-refractivity contribution in [1.82, 2.24) is 10.2 Å². The Hall–Kier alpha value is -2.26. The van der Waals surface area contributed by atoms with E-state index in [1.807, 2.05) is 0 Å². The molecule has 3 heteroatoms. The van der Waals surface area contributed by atoms with E-state index in [1.165, 1.54) is 53.6 Å². The van der Waals surface area contributed by atoms with Gasteiger partial charge >= 0.3 is 0 Å². The molecule has 30 heavy (non-hydrogen) atoms. The predicted octanol–water partition coefficient (Wildman–Crippen LogP) is 5.61. The van der Waals surface area contributed by atoms with Crippen LogP contribution in [0.25, 0.3) is 0 Å². The van der Waals surface area contributed by atoms with Crippen LogP contribution >= 0.6 is 0 Å². The Kier molecular flexibility index (Phi) is 5.56. The highest BCUT2D eigenvalue weighted by Gasteiger charge is 2.25. The van der Waals surface area contributed by atoms with Crippen LogP contribution in [0, 0.1) is 11.8 Å². The van der Waals surface area contributed by atoms with Crippen LogP contribution in [0.3, 0.4) is 0 Å². The van der Waals surface area contributed by atoms with Crippen LogP contribution in [-0.4, -0.2) is 18.1 Å². The first kappa shape index (κ1) is 19.7. The molecule has 1 aliphatic heterocycles. The number of allylic oxidation sites excluding steroid dienone is 1. The molecule has 0 amide bonds. The fourth-order valence-electron chi connectivity index (χ4n) is 4.49. The average Bonchev–Trinajstić information content (AvgIpc) is 3.65. The third-order valence-corrected chi connectivity index (χ3v) is 6.78. The SMILES string of the molecule is C=C(NCc1ccc(CN2Cc3ccc(OCC4CC4)cc3C(C)C2)cc1)C1CC1. The summed E-state index contributed by atoms with van der Waals surface area (Å²) in [5, 5.41) is 3.49. The first-order valence-electron chi connectivity index (χ1n) is 11.6. The Morgan fingerprint density at radius 3 is 2.57 bits per heavy atom. The molecule has 158 valence electrons. The standard InChI is InChI=1S/C27H34N2O/c1-19-15-29(17-25-11-12-26(13-27(19)25)30-18-23-7-8-23)16-22-5-3-21(4-6-22)14-28-20(2)24-9-10-24/h3-6,11-13,19,23-24,28H,2,7-10,14-18H2,1H3. The summed E-state index contributed by atoms with van der Waals surface area (Å²) in [5.41, 5.74) is 6.85. The van der Waals surface area contributed by atoms with Crippen molar-refractivity contribution in [1.29, 1.82) is 0 Å². The Bertz CT molecular complexity index is 896. The molecule has 0 saturated heterocycles. The summed E-state index contributed by atoms with van der Waals surface area (Å²) in [4.78, 5) is 2.57. The van der Waals surface area contributed by atoms with Gasteiger partial charge in [0.25, 0.3) is 0 Å². The molecule has 0 bridgehead atoms. The fraction of sp³-hybridized carbons (Fsp3) is 0.481. The first-order chi connectivity index (χ1) is 14.6. The molecule has 2 aromatic carbocycles. The van der Waals surface area contributed by atoms with E-state index in [4.69, 9.17) is 4.74 Å². The molecule has 2 aliphatic carbocycles. The van der Waals surface area contributed by atoms with E-state index >= 15 is 0 Å². The van der Waals surface area contributed by atoms with E-state index in [9.17, 15) is 0 Å². The smallest absolute Gasteiger partial charge is 0.119 e. The number of nitrogens with zero attached hydrogens (tertiary/aromatic N) is 1. The van der Waals surface area contributed by atoms with E-state index in [-0.39, 0.29) is 0 Å². The largest absolute Gasteiger partial charge is 0.493 e. The maximum atomic E-state index is 6.00. The lowest BCUT2D eigenvalue weighted by atomic mass is 9.90. The Morgan fingerprint density at radius 1 is 1.07 bits per heavy atom. The zero-order valence-corrected chi connectivity index (χ0v) is 18.2. The highest BCUT2D eigenvalue weighted by molar-refractivity contribution is 5.39. The first-order valence-corrected chi connectivity index (χ1v) is 11.6. The molecule has 1 heterocycles. The molecule has 0 aromatic heterocycles. The summed E-state index contributed by atoms with van der Waals surface area (Å²) in [6.07, 6.45) is 5.28. The van der Waals surface area contributed by atoms with Gasteiger partial charge in [-0.25, -0.2) is 0 Å². The summed E-state index contributed by atoms with van der Waals surface area (Å²) in [6.45, 7) is 11.4. The predicted molar refractivity (Wildman–Crippen MR) is 122 cm³/mol. The van der Waals surface area contributed by atoms with Gasteiger partial charge in [0.2, 0.25) is 0 Å². The fourth-order valence-corrected chi connectivity index (χ4v) is 4.49. The second kappa shape index (κ2) is 8.47. The van der Waals surface area contributed by atoms with Crippen molar-refractivity contribution in [3.05, 3.63) is 77.0 Å². The van der Waals surface area contributed by atoms with Crippen LogP contribution in [0.2, 0.25) is 0 Å². The Morgan fingerprint density at radius 2 is 1.83 bits per heavy atom. The number of benzene rings is 2. The number of fused-ring (bicyclic) bond motifs is 1. The lowest BCUT2D eigenvalue weighted by Crippen LogP contribution is -2.32. The maximum absolute atomic E-state index is 6.00. The van der Waals surface area contributed by atoms with E-state index in [0.717, 1.165) is 44.5 Å². The monoisotopic (exact) mass is 402 g/mol. The van der Waals surface area contributed by atoms with Crippen molar-refractivity contribution in [2.24, 2.45) is 11.8 Å². The maximum Gasteiger partial charge on any atom is 0.119 e. The minimum Gasteiger partial charge on any atom is -0.493 e. The lowest BCUT2D eigenvalue weighted by Gasteiger charge is -2.33. The molecule has 1 unspecified atom stereocenters. The molecule has 1 N–H and O–H groups in total. The van der Waals surface area contributed by atoms with Gasteiger partial charge in [-0.3, -0.25) is 4.90 Å². The van der Waals surface area contributed by atoms with Crippen LogP contribution in [0.1, 0.15) is 60.8 Å². The minimum atomic E-state index is 0.537. The third-order valence-electron chi connectivity index (χ3n) is 6.78. The molecule has 2 fully saturated rings. The summed E-state index contributed by atoms with van der Waals surface area (Å²) >= 11 is 0. The van der Waals surface area contributed by atoms with Gasteiger partial charge < -0.3 is 10.1 Å². The molecule has 0 spiro atoms. The van der Waals surface area contributed by atoms with Crippen molar-refractivity contribution in [3.63, 3.8) is 0 Å². The summed E-state index contributed by atoms with van der Waals surface area (Å²) in [5.74, 6) is 3.10. The second-order valence-corrected chi connectivity index (χ2v) is 9.66. The Balaban J connectivity index is 1.16. The van der Waals surface area contributed by atoms with Crippen molar-refractivity contribution in [3.8, 4) is 5.75 Å². The molecular formula is C27H34N2O. The van der Waals surface area contributed by atoms with Crippen molar-refractivity contribution in [2.45, 2.75) is 58.2 Å². The minimum absolute atomic E-state index is 0.537. The average molecular weight is 403 g/mol. The molecular weight excluding hydrogens is 368 g/mol. The molecule has 2 saturated carbocycles. The zero-order chi connectivity index (χ0) is 20.5. The van der Waals surface area contributed by atoms with Gasteiger partial charge in [0.05, 0.1) is 6.61 Å². The molecule has 3 nitrogen and oxygen atoms in total. The lowest BCUT2D eigenvalue weighted by molar-refractivity contribution is 0.225. The third kappa shape index (κ3) is 4.89. The summed E-state index contributed by atoms with van der Waals surface area (Å²) < 4.78 is 6.00. The Labute approximate surface area is 181 Å². The van der Waals surface area contributed by atoms with Crippen molar-refractivity contribution in [2.75, 3.05) is 13.2 Å². The molecule has 0 radical (unpaired) electrons. The van der Waals surface area contributed by atoms with Gasteiger partial charge in [0.1, 0.15) is 5.75 Å². The zero-order valence-electron chi connectivity index (χ0n) is 18.2. The molecule has 5 rings (SSSR count). The molecule has 3 aliphatic rings. The van der Waals surface area contributed by atoms with Crippen molar-refractivity contribution < 1.29 is 4.74 Å². The van der Waals surface area contributed by atoms with Crippen LogP contribution in [0.5, 0.6) is 5.75 Å². The van der Waals surface area contributed by atoms with Crippen LogP contribution in [0.15, 0.2) is 54.7 Å². The van der Waals surface area contributed by atoms with E-state index in [2.05, 4.69) is 66.2 Å². The highest BCUT2D eigenvalue weighted by Crippen LogP contribution is 2.35. The normalized spacial score (nSPS) is 21.2. The molecule has 2 aromatic rings.